The minimum absolute atomic E-state index is 0.385. The number of aryl methyl sites for hydroxylation is 1. The fourth-order valence-electron chi connectivity index (χ4n) is 2.86. The molecular weight excluding hydrogens is 286 g/mol. The van der Waals surface area contributed by atoms with Crippen molar-refractivity contribution in [2.45, 2.75) is 39.0 Å². The van der Waals surface area contributed by atoms with Gasteiger partial charge in [-0.05, 0) is 48.6 Å². The van der Waals surface area contributed by atoms with Crippen LogP contribution in [0.2, 0.25) is 0 Å². The van der Waals surface area contributed by atoms with Crippen LogP contribution in [-0.4, -0.2) is 19.3 Å². The highest BCUT2D eigenvalue weighted by Gasteiger charge is 2.14. The molecule has 1 saturated heterocycles. The van der Waals surface area contributed by atoms with E-state index in [1.807, 2.05) is 6.07 Å². The molecule has 0 amide bonds. The first-order valence-electron chi connectivity index (χ1n) is 8.40. The highest BCUT2D eigenvalue weighted by molar-refractivity contribution is 5.30. The largest absolute Gasteiger partial charge is 0.489 e. The van der Waals surface area contributed by atoms with Crippen LogP contribution in [-0.2, 0) is 17.9 Å². The van der Waals surface area contributed by atoms with Crippen LogP contribution < -0.4 is 10.1 Å². The molecule has 3 nitrogen and oxygen atoms in total. The van der Waals surface area contributed by atoms with Gasteiger partial charge >= 0.3 is 0 Å². The fourth-order valence-corrected chi connectivity index (χ4v) is 2.86. The summed E-state index contributed by atoms with van der Waals surface area (Å²) in [6, 6.07) is 16.6. The Morgan fingerprint density at radius 3 is 2.91 bits per heavy atom. The molecule has 2 aromatic carbocycles. The molecule has 122 valence electrons. The summed E-state index contributed by atoms with van der Waals surface area (Å²) in [6.07, 6.45) is 2.75. The van der Waals surface area contributed by atoms with Gasteiger partial charge in [0.25, 0.3) is 0 Å². The SMILES string of the molecule is Cc1ccccc1COc1cccc(CNCC2CCCO2)c1. The molecule has 1 aliphatic rings. The van der Waals surface area contributed by atoms with E-state index in [1.54, 1.807) is 0 Å². The van der Waals surface area contributed by atoms with Gasteiger partial charge in [-0.25, -0.2) is 0 Å². The Morgan fingerprint density at radius 1 is 1.17 bits per heavy atom. The molecule has 3 rings (SSSR count). The maximum atomic E-state index is 5.94. The number of hydrogen-bond donors (Lipinski definition) is 1. The summed E-state index contributed by atoms with van der Waals surface area (Å²) in [5.74, 6) is 0.921. The van der Waals surface area contributed by atoms with Crippen molar-refractivity contribution in [2.75, 3.05) is 13.2 Å². The van der Waals surface area contributed by atoms with Gasteiger partial charge in [0.05, 0.1) is 6.10 Å². The van der Waals surface area contributed by atoms with Crippen molar-refractivity contribution >= 4 is 0 Å². The molecule has 0 bridgehead atoms. The molecule has 1 fully saturated rings. The molecule has 0 saturated carbocycles. The Kier molecular flexibility index (Phi) is 5.67. The van der Waals surface area contributed by atoms with Gasteiger partial charge in [0.2, 0.25) is 0 Å². The first-order chi connectivity index (χ1) is 11.3. The predicted octanol–water partition coefficient (Wildman–Crippen LogP) is 3.84. The van der Waals surface area contributed by atoms with Crippen molar-refractivity contribution in [2.24, 2.45) is 0 Å². The summed E-state index contributed by atoms with van der Waals surface area (Å²) < 4.78 is 11.6. The van der Waals surface area contributed by atoms with Gasteiger partial charge in [0.15, 0.2) is 0 Å². The van der Waals surface area contributed by atoms with Crippen molar-refractivity contribution in [3.05, 3.63) is 65.2 Å². The molecule has 0 spiro atoms. The minimum Gasteiger partial charge on any atom is -0.489 e. The van der Waals surface area contributed by atoms with Crippen LogP contribution in [0.4, 0.5) is 0 Å². The van der Waals surface area contributed by atoms with Crippen LogP contribution >= 0.6 is 0 Å². The lowest BCUT2D eigenvalue weighted by molar-refractivity contribution is 0.110. The van der Waals surface area contributed by atoms with E-state index in [1.165, 1.54) is 29.5 Å². The second-order valence-electron chi connectivity index (χ2n) is 6.13. The first-order valence-corrected chi connectivity index (χ1v) is 8.40. The number of hydrogen-bond acceptors (Lipinski definition) is 3. The van der Waals surface area contributed by atoms with Gasteiger partial charge in [-0.15, -0.1) is 0 Å². The highest BCUT2D eigenvalue weighted by atomic mass is 16.5. The van der Waals surface area contributed by atoms with Crippen LogP contribution in [0.25, 0.3) is 0 Å². The van der Waals surface area contributed by atoms with Gasteiger partial charge in [0.1, 0.15) is 12.4 Å². The zero-order chi connectivity index (χ0) is 15.9. The lowest BCUT2D eigenvalue weighted by Crippen LogP contribution is -2.25. The molecule has 2 aromatic rings. The van der Waals surface area contributed by atoms with Gasteiger partial charge in [-0.3, -0.25) is 0 Å². The Bertz CT molecular complexity index is 621. The Hall–Kier alpha value is -1.84. The highest BCUT2D eigenvalue weighted by Crippen LogP contribution is 2.17. The second-order valence-corrected chi connectivity index (χ2v) is 6.13. The zero-order valence-electron chi connectivity index (χ0n) is 13.8. The first kappa shape index (κ1) is 16.0. The predicted molar refractivity (Wildman–Crippen MR) is 92.6 cm³/mol. The quantitative estimate of drug-likeness (QED) is 0.842. The Balaban J connectivity index is 1.49. The van der Waals surface area contributed by atoms with Crippen LogP contribution in [0.1, 0.15) is 29.5 Å². The fraction of sp³-hybridized carbons (Fsp3) is 0.400. The standard InChI is InChI=1S/C20H25NO2/c1-16-6-2-3-8-18(16)15-23-19-9-4-7-17(12-19)13-21-14-20-10-5-11-22-20/h2-4,6-9,12,20-21H,5,10-11,13-15H2,1H3. The van der Waals surface area contributed by atoms with Gasteiger partial charge < -0.3 is 14.8 Å². The molecule has 1 heterocycles. The second kappa shape index (κ2) is 8.14. The topological polar surface area (TPSA) is 30.5 Å². The van der Waals surface area contributed by atoms with E-state index in [4.69, 9.17) is 9.47 Å². The van der Waals surface area contributed by atoms with E-state index in [9.17, 15) is 0 Å². The maximum absolute atomic E-state index is 5.94. The van der Waals surface area contributed by atoms with Crippen LogP contribution in [0.5, 0.6) is 5.75 Å². The third-order valence-corrected chi connectivity index (χ3v) is 4.28. The van der Waals surface area contributed by atoms with E-state index in [0.29, 0.717) is 12.7 Å². The van der Waals surface area contributed by atoms with Crippen molar-refractivity contribution < 1.29 is 9.47 Å². The van der Waals surface area contributed by atoms with Crippen LogP contribution in [0.15, 0.2) is 48.5 Å². The lowest BCUT2D eigenvalue weighted by Gasteiger charge is -2.12. The number of benzene rings is 2. The third kappa shape index (κ3) is 4.81. The van der Waals surface area contributed by atoms with E-state index in [0.717, 1.165) is 25.4 Å². The molecule has 3 heteroatoms. The molecule has 0 aromatic heterocycles. The minimum atomic E-state index is 0.385. The number of rotatable bonds is 7. The average Bonchev–Trinajstić information content (AvgIpc) is 3.08. The normalized spacial score (nSPS) is 17.3. The number of ether oxygens (including phenoxy) is 2. The molecular formula is C20H25NO2. The summed E-state index contributed by atoms with van der Waals surface area (Å²) in [4.78, 5) is 0. The van der Waals surface area contributed by atoms with Crippen molar-refractivity contribution in [1.82, 2.24) is 5.32 Å². The van der Waals surface area contributed by atoms with Crippen molar-refractivity contribution in [1.29, 1.82) is 0 Å². The van der Waals surface area contributed by atoms with Crippen LogP contribution in [0.3, 0.4) is 0 Å². The Morgan fingerprint density at radius 2 is 2.09 bits per heavy atom. The van der Waals surface area contributed by atoms with E-state index in [-0.39, 0.29) is 0 Å². The van der Waals surface area contributed by atoms with E-state index in [2.05, 4.69) is 54.7 Å². The molecule has 1 aliphatic heterocycles. The van der Waals surface area contributed by atoms with Crippen molar-refractivity contribution in [3.63, 3.8) is 0 Å². The van der Waals surface area contributed by atoms with E-state index < -0.39 is 0 Å². The molecule has 1 unspecified atom stereocenters. The van der Waals surface area contributed by atoms with Gasteiger partial charge in [-0.2, -0.15) is 0 Å². The number of nitrogens with one attached hydrogen (secondary N) is 1. The molecule has 1 N–H and O–H groups in total. The third-order valence-electron chi connectivity index (χ3n) is 4.28. The molecule has 23 heavy (non-hydrogen) atoms. The molecule has 0 radical (unpaired) electrons. The van der Waals surface area contributed by atoms with Crippen LogP contribution in [0, 0.1) is 6.92 Å². The summed E-state index contributed by atoms with van der Waals surface area (Å²) in [6.45, 7) is 5.41. The van der Waals surface area contributed by atoms with Gasteiger partial charge in [-0.1, -0.05) is 36.4 Å². The summed E-state index contributed by atoms with van der Waals surface area (Å²) >= 11 is 0. The van der Waals surface area contributed by atoms with E-state index >= 15 is 0 Å². The summed E-state index contributed by atoms with van der Waals surface area (Å²) in [7, 11) is 0. The average molecular weight is 311 g/mol. The summed E-state index contributed by atoms with van der Waals surface area (Å²) in [5, 5.41) is 3.47. The lowest BCUT2D eigenvalue weighted by atomic mass is 10.1. The zero-order valence-corrected chi connectivity index (χ0v) is 13.8. The maximum Gasteiger partial charge on any atom is 0.120 e. The Labute approximate surface area is 138 Å². The monoisotopic (exact) mass is 311 g/mol. The van der Waals surface area contributed by atoms with Gasteiger partial charge in [0, 0.05) is 19.7 Å². The summed E-state index contributed by atoms with van der Waals surface area (Å²) in [5.41, 5.74) is 3.74. The molecule has 1 atom stereocenters. The smallest absolute Gasteiger partial charge is 0.120 e. The molecule has 0 aliphatic carbocycles. The van der Waals surface area contributed by atoms with Crippen molar-refractivity contribution in [3.8, 4) is 5.75 Å².